The lowest BCUT2D eigenvalue weighted by atomic mass is 10.1. The Bertz CT molecular complexity index is 467. The van der Waals surface area contributed by atoms with Crippen molar-refractivity contribution in [3.05, 3.63) is 23.8 Å². The number of nitrogens with zero attached hydrogens (tertiary/aromatic N) is 1. The highest BCUT2D eigenvalue weighted by Crippen LogP contribution is 2.25. The second-order valence-electron chi connectivity index (χ2n) is 5.61. The second-order valence-corrected chi connectivity index (χ2v) is 5.61. The smallest absolute Gasteiger partial charge is 0.225 e. The molecule has 0 radical (unpaired) electrons. The number of rotatable bonds is 5. The van der Waals surface area contributed by atoms with Gasteiger partial charge in [0.25, 0.3) is 0 Å². The van der Waals surface area contributed by atoms with Gasteiger partial charge < -0.3 is 16.0 Å². The number of nitrogens with two attached hydrogens (primary N) is 1. The monoisotopic (exact) mass is 275 g/mol. The molecular formula is C16H25N3O. The third-order valence-corrected chi connectivity index (χ3v) is 3.93. The first-order chi connectivity index (χ1) is 9.60. The van der Waals surface area contributed by atoms with Crippen LogP contribution in [0.3, 0.4) is 0 Å². The Kier molecular flexibility index (Phi) is 5.01. The molecule has 4 heteroatoms. The van der Waals surface area contributed by atoms with Crippen molar-refractivity contribution in [2.45, 2.75) is 45.6 Å². The molecule has 0 spiro atoms. The molecule has 0 aromatic heterocycles. The predicted molar refractivity (Wildman–Crippen MR) is 84.1 cm³/mol. The zero-order valence-corrected chi connectivity index (χ0v) is 12.5. The molecule has 1 saturated heterocycles. The molecule has 1 aromatic carbocycles. The topological polar surface area (TPSA) is 58.4 Å². The first-order valence-electron chi connectivity index (χ1n) is 7.51. The summed E-state index contributed by atoms with van der Waals surface area (Å²) in [4.78, 5) is 14.3. The standard InChI is InChI=1S/C16H25N3O/c1-3-13(17)11-16(20)18-15-7-6-14(10-12(15)2)19-8-4-5-9-19/h6-7,10,13H,3-5,8-9,11,17H2,1-2H3,(H,18,20). The maximum absolute atomic E-state index is 11.9. The Hall–Kier alpha value is -1.55. The molecule has 1 amide bonds. The third-order valence-electron chi connectivity index (χ3n) is 3.93. The van der Waals surface area contributed by atoms with Crippen molar-refractivity contribution >= 4 is 17.3 Å². The Balaban J connectivity index is 2.00. The van der Waals surface area contributed by atoms with E-state index in [-0.39, 0.29) is 11.9 Å². The van der Waals surface area contributed by atoms with E-state index in [1.807, 2.05) is 19.9 Å². The number of carbonyl (C=O) groups is 1. The summed E-state index contributed by atoms with van der Waals surface area (Å²) in [6.07, 6.45) is 3.74. The second kappa shape index (κ2) is 6.75. The number of hydrogen-bond donors (Lipinski definition) is 2. The number of anilines is 2. The molecule has 0 aliphatic carbocycles. The maximum Gasteiger partial charge on any atom is 0.225 e. The van der Waals surface area contributed by atoms with Crippen LogP contribution in [0.5, 0.6) is 0 Å². The van der Waals surface area contributed by atoms with Crippen LogP contribution in [0.2, 0.25) is 0 Å². The van der Waals surface area contributed by atoms with Crippen molar-refractivity contribution < 1.29 is 4.79 Å². The van der Waals surface area contributed by atoms with E-state index in [1.165, 1.54) is 18.5 Å². The summed E-state index contributed by atoms with van der Waals surface area (Å²) in [5, 5.41) is 2.96. The van der Waals surface area contributed by atoms with Crippen molar-refractivity contribution in [2.24, 2.45) is 5.73 Å². The molecule has 3 N–H and O–H groups in total. The molecule has 0 bridgehead atoms. The first kappa shape index (κ1) is 14.9. The van der Waals surface area contributed by atoms with Gasteiger partial charge in [-0.1, -0.05) is 6.92 Å². The minimum Gasteiger partial charge on any atom is -0.372 e. The van der Waals surface area contributed by atoms with Crippen LogP contribution in [0.1, 0.15) is 38.2 Å². The van der Waals surface area contributed by atoms with E-state index in [2.05, 4.69) is 22.3 Å². The molecule has 1 aliphatic rings. The molecule has 2 rings (SSSR count). The normalized spacial score (nSPS) is 16.2. The van der Waals surface area contributed by atoms with Gasteiger partial charge in [-0.15, -0.1) is 0 Å². The first-order valence-corrected chi connectivity index (χ1v) is 7.51. The number of aryl methyl sites for hydroxylation is 1. The molecule has 1 aromatic rings. The summed E-state index contributed by atoms with van der Waals surface area (Å²) in [6.45, 7) is 6.30. The Labute approximate surface area is 121 Å². The van der Waals surface area contributed by atoms with Crippen molar-refractivity contribution in [2.75, 3.05) is 23.3 Å². The molecule has 0 saturated carbocycles. The molecule has 20 heavy (non-hydrogen) atoms. The molecule has 1 unspecified atom stereocenters. The lowest BCUT2D eigenvalue weighted by Crippen LogP contribution is -2.26. The van der Waals surface area contributed by atoms with Crippen molar-refractivity contribution in [3.63, 3.8) is 0 Å². The van der Waals surface area contributed by atoms with E-state index in [9.17, 15) is 4.79 Å². The number of amides is 1. The summed E-state index contributed by atoms with van der Waals surface area (Å²) in [6, 6.07) is 6.19. The lowest BCUT2D eigenvalue weighted by Gasteiger charge is -2.19. The van der Waals surface area contributed by atoms with Crippen LogP contribution in [-0.4, -0.2) is 25.0 Å². The lowest BCUT2D eigenvalue weighted by molar-refractivity contribution is -0.116. The third kappa shape index (κ3) is 3.73. The van der Waals surface area contributed by atoms with Crippen LogP contribution < -0.4 is 16.0 Å². The van der Waals surface area contributed by atoms with Gasteiger partial charge in [0.15, 0.2) is 0 Å². The number of benzene rings is 1. The van der Waals surface area contributed by atoms with Gasteiger partial charge in [0.05, 0.1) is 0 Å². The summed E-state index contributed by atoms with van der Waals surface area (Å²) >= 11 is 0. The van der Waals surface area contributed by atoms with Crippen molar-refractivity contribution in [3.8, 4) is 0 Å². The van der Waals surface area contributed by atoms with Crippen LogP contribution in [0, 0.1) is 6.92 Å². The van der Waals surface area contributed by atoms with Crippen LogP contribution in [0.25, 0.3) is 0 Å². The van der Waals surface area contributed by atoms with Crippen LogP contribution >= 0.6 is 0 Å². The average molecular weight is 275 g/mol. The zero-order chi connectivity index (χ0) is 14.5. The van der Waals surface area contributed by atoms with E-state index >= 15 is 0 Å². The fourth-order valence-electron chi connectivity index (χ4n) is 2.54. The minimum absolute atomic E-state index is 0.00336. The number of nitrogens with one attached hydrogen (secondary N) is 1. The Morgan fingerprint density at radius 3 is 2.70 bits per heavy atom. The van der Waals surface area contributed by atoms with Gasteiger partial charge >= 0.3 is 0 Å². The molecule has 1 atom stereocenters. The molecular weight excluding hydrogens is 250 g/mol. The van der Waals surface area contributed by atoms with Gasteiger partial charge in [-0.05, 0) is 49.9 Å². The quantitative estimate of drug-likeness (QED) is 0.868. The molecule has 110 valence electrons. The zero-order valence-electron chi connectivity index (χ0n) is 12.5. The summed E-state index contributed by atoms with van der Waals surface area (Å²) in [7, 11) is 0. The van der Waals surface area contributed by atoms with E-state index in [0.29, 0.717) is 6.42 Å². The fourth-order valence-corrected chi connectivity index (χ4v) is 2.54. The van der Waals surface area contributed by atoms with Crippen LogP contribution in [0.4, 0.5) is 11.4 Å². The highest BCUT2D eigenvalue weighted by Gasteiger charge is 2.14. The molecule has 1 aliphatic heterocycles. The van der Waals surface area contributed by atoms with Gasteiger partial charge in [0.2, 0.25) is 5.91 Å². The predicted octanol–water partition coefficient (Wildman–Crippen LogP) is 2.66. The molecule has 4 nitrogen and oxygen atoms in total. The SMILES string of the molecule is CCC(N)CC(=O)Nc1ccc(N2CCCC2)cc1C. The highest BCUT2D eigenvalue weighted by atomic mass is 16.1. The maximum atomic E-state index is 11.9. The Morgan fingerprint density at radius 2 is 2.10 bits per heavy atom. The highest BCUT2D eigenvalue weighted by molar-refractivity contribution is 5.92. The molecule has 1 heterocycles. The average Bonchev–Trinajstić information content (AvgIpc) is 2.94. The van der Waals surface area contributed by atoms with E-state index in [0.717, 1.165) is 30.8 Å². The summed E-state index contributed by atoms with van der Waals surface area (Å²) in [5.74, 6) is -0.00336. The van der Waals surface area contributed by atoms with E-state index < -0.39 is 0 Å². The Morgan fingerprint density at radius 1 is 1.40 bits per heavy atom. The van der Waals surface area contributed by atoms with E-state index in [1.54, 1.807) is 0 Å². The van der Waals surface area contributed by atoms with E-state index in [4.69, 9.17) is 5.73 Å². The minimum atomic E-state index is -0.0563. The largest absolute Gasteiger partial charge is 0.372 e. The van der Waals surface area contributed by atoms with Gasteiger partial charge in [0, 0.05) is 36.9 Å². The van der Waals surface area contributed by atoms with Gasteiger partial charge in [0.1, 0.15) is 0 Å². The van der Waals surface area contributed by atoms with Crippen molar-refractivity contribution in [1.29, 1.82) is 0 Å². The van der Waals surface area contributed by atoms with Gasteiger partial charge in [-0.3, -0.25) is 4.79 Å². The van der Waals surface area contributed by atoms with Gasteiger partial charge in [-0.2, -0.15) is 0 Å². The number of hydrogen-bond acceptors (Lipinski definition) is 3. The molecule has 1 fully saturated rings. The summed E-state index contributed by atoms with van der Waals surface area (Å²) < 4.78 is 0. The fraction of sp³-hybridized carbons (Fsp3) is 0.562. The number of carbonyl (C=O) groups excluding carboxylic acids is 1. The van der Waals surface area contributed by atoms with Crippen LogP contribution in [0.15, 0.2) is 18.2 Å². The summed E-state index contributed by atoms with van der Waals surface area (Å²) in [5.41, 5.74) is 9.05. The van der Waals surface area contributed by atoms with Crippen LogP contribution in [-0.2, 0) is 4.79 Å². The van der Waals surface area contributed by atoms with Gasteiger partial charge in [-0.25, -0.2) is 0 Å². The van der Waals surface area contributed by atoms with Crippen molar-refractivity contribution in [1.82, 2.24) is 0 Å².